The molecule has 15 nitrogen and oxygen atoms in total. The van der Waals surface area contributed by atoms with Gasteiger partial charge < -0.3 is 59.9 Å². The lowest BCUT2D eigenvalue weighted by Crippen LogP contribution is -2.58. The first kappa shape index (κ1) is 105. The molecule has 3 aromatic rings. The molecule has 0 unspecified atom stereocenters. The zero-order valence-corrected chi connectivity index (χ0v) is 68.3. The van der Waals surface area contributed by atoms with Gasteiger partial charge in [-0.1, -0.05) is 94.2 Å². The average molecular weight is 1640 g/mol. The Morgan fingerprint density at radius 1 is 0.456 bits per heavy atom. The van der Waals surface area contributed by atoms with E-state index in [1.807, 2.05) is 39.8 Å². The monoisotopic (exact) mass is 1640 g/mol. The second-order valence-corrected chi connectivity index (χ2v) is 27.6. The van der Waals surface area contributed by atoms with E-state index < -0.39 is 41.8 Å². The lowest BCUT2D eigenvalue weighted by Gasteiger charge is -2.44. The van der Waals surface area contributed by atoms with E-state index in [-0.39, 0.29) is 152 Å². The van der Waals surface area contributed by atoms with E-state index in [9.17, 15) is 59.6 Å². The summed E-state index contributed by atoms with van der Waals surface area (Å²) < 4.78 is 136. The van der Waals surface area contributed by atoms with Gasteiger partial charge in [-0.05, 0) is 160 Å². The molecule has 3 aromatic carbocycles. The van der Waals surface area contributed by atoms with Gasteiger partial charge in [-0.15, -0.1) is 76.7 Å². The summed E-state index contributed by atoms with van der Waals surface area (Å²) in [6.45, 7) is 25.8. The first-order valence-electron chi connectivity index (χ1n) is 34.7. The fourth-order valence-electron chi connectivity index (χ4n) is 15.2. The fourth-order valence-corrected chi connectivity index (χ4v) is 15.2. The Morgan fingerprint density at radius 2 is 0.738 bits per heavy atom. The predicted octanol–water partition coefficient (Wildman–Crippen LogP) is 15.3. The number of alkyl halides is 9. The molecule has 0 spiro atoms. The van der Waals surface area contributed by atoms with Crippen molar-refractivity contribution >= 4 is 111 Å². The molecule has 0 aromatic heterocycles. The zero-order valence-electron chi connectivity index (χ0n) is 60.9. The molecule has 604 valence electrons. The van der Waals surface area contributed by atoms with Crippen LogP contribution in [-0.4, -0.2) is 187 Å². The molecule has 10 rings (SSSR count). The number of piperazine rings is 3. The number of ether oxygens (including phenoxy) is 5. The van der Waals surface area contributed by atoms with Crippen LogP contribution in [0.25, 0.3) is 0 Å². The van der Waals surface area contributed by atoms with Crippen molar-refractivity contribution in [3.05, 3.63) is 89.5 Å². The van der Waals surface area contributed by atoms with Gasteiger partial charge in [0.1, 0.15) is 17.2 Å². The third kappa shape index (κ3) is 36.7. The Kier molecular flexibility index (Phi) is 51.2. The number of hydrogen-bond donors (Lipinski definition) is 6. The van der Waals surface area contributed by atoms with Gasteiger partial charge in [0, 0.05) is 127 Å². The summed E-state index contributed by atoms with van der Waals surface area (Å²) in [5.41, 5.74) is -1.28. The SMILES string of the molecule is C1CCOC1.CCOCC.C[C@@H]1CN(C(=O)[C@H](c2cccc(OC(F)(F)F)c2)C2(O)CCCCC2)C[C@H](C)N1.C[C@@H]1CN(C[C@H](c2cccc(OC(F)(F)F)c2)C2(O)CCCCC2)C[C@H](C)N1.C[C@@H]1CN(C[C@H](c2cccc(OC(F)(F)F)c2)C2(O)CCCCC2)C[C@H](C)N1.Cl.Cl.Cl.S.S.S.S.S. The van der Waals surface area contributed by atoms with E-state index >= 15 is 0 Å². The number of nitrogens with zero attached hydrogens (tertiary/aromatic N) is 3. The molecule has 4 heterocycles. The number of halogens is 12. The molecule has 3 saturated carbocycles. The van der Waals surface area contributed by atoms with Crippen LogP contribution in [0.3, 0.4) is 0 Å². The van der Waals surface area contributed by atoms with Gasteiger partial charge in [0.25, 0.3) is 0 Å². The van der Waals surface area contributed by atoms with Crippen LogP contribution < -0.4 is 30.2 Å². The molecule has 1 amide bonds. The van der Waals surface area contributed by atoms with Crippen molar-refractivity contribution in [2.75, 3.05) is 78.8 Å². The van der Waals surface area contributed by atoms with Crippen molar-refractivity contribution in [2.24, 2.45) is 0 Å². The van der Waals surface area contributed by atoms with Crippen molar-refractivity contribution in [1.82, 2.24) is 30.7 Å². The van der Waals surface area contributed by atoms with Crippen LogP contribution in [0.2, 0.25) is 0 Å². The largest absolute Gasteiger partial charge is 0.573 e. The van der Waals surface area contributed by atoms with E-state index in [4.69, 9.17) is 9.47 Å². The summed E-state index contributed by atoms with van der Waals surface area (Å²) in [5, 5.41) is 44.7. The van der Waals surface area contributed by atoms with Gasteiger partial charge in [0.15, 0.2) is 0 Å². The number of hydrogen-bond acceptors (Lipinski definition) is 14. The molecule has 4 aliphatic heterocycles. The summed E-state index contributed by atoms with van der Waals surface area (Å²) in [6, 6.07) is 19.3. The van der Waals surface area contributed by atoms with Crippen molar-refractivity contribution in [2.45, 2.75) is 254 Å². The molecular weight excluding hydrogens is 1520 g/mol. The Labute approximate surface area is 660 Å². The first-order chi connectivity index (χ1) is 44.8. The van der Waals surface area contributed by atoms with Crippen molar-refractivity contribution in [3.8, 4) is 17.2 Å². The van der Waals surface area contributed by atoms with Crippen LogP contribution >= 0.6 is 105 Å². The molecule has 9 atom stereocenters. The van der Waals surface area contributed by atoms with E-state index in [1.54, 1.807) is 23.1 Å². The normalized spacial score (nSPS) is 23.8. The minimum atomic E-state index is -4.82. The standard InChI is InChI=1S/C21H29F3N2O3.2C21H31F3N2O2.C4H8O.C4H10O.3ClH.5H2S/c1-14-12-26(13-15(2)25-14)19(27)18(20(28)9-4-3-5-10-20)16-7-6-8-17(11-16)29-21(22,23)24;2*1-15-12-26(13-16(2)25-15)14-19(20(27)9-4-3-5-10-20)17-7-6-8-18(11-17)28-21(22,23)24;1-2-4-5-3-1;1-3-5-4-2;;;;;;;;/h6-8,11,14-15,18,25,28H,3-5,9-10,12-13H2,1-2H3;2*6-8,11,15-16,19,25,27H,3-5,9-10,12-14H2,1-2H3;1-4H2;3-4H2,1-2H3;3*1H;5*1H2/t14-,15+,18-;2*15-,16+,19-;;;;;;;;;;/m011........../s1. The average Bonchev–Trinajstić information content (AvgIpc) is 0.888. The lowest BCUT2D eigenvalue weighted by atomic mass is 9.72. The highest BCUT2D eigenvalue weighted by atomic mass is 35.5. The maximum absolute atomic E-state index is 13.6. The number of benzene rings is 3. The van der Waals surface area contributed by atoms with Gasteiger partial charge in [0.05, 0.1) is 22.7 Å². The van der Waals surface area contributed by atoms with Gasteiger partial charge in [-0.2, -0.15) is 67.5 Å². The molecule has 3 aliphatic carbocycles. The highest BCUT2D eigenvalue weighted by Crippen LogP contribution is 2.45. The minimum Gasteiger partial charge on any atom is -0.406 e. The van der Waals surface area contributed by atoms with E-state index in [0.29, 0.717) is 106 Å². The Balaban J connectivity index is -0.00000131. The summed E-state index contributed by atoms with van der Waals surface area (Å²) in [6.07, 6.45) is 0.417. The summed E-state index contributed by atoms with van der Waals surface area (Å²) in [5.74, 6) is -2.48. The minimum absolute atomic E-state index is 0. The van der Waals surface area contributed by atoms with Gasteiger partial charge in [-0.3, -0.25) is 14.6 Å². The van der Waals surface area contributed by atoms with E-state index in [2.05, 4.69) is 67.7 Å². The van der Waals surface area contributed by atoms with Crippen LogP contribution in [0.1, 0.15) is 199 Å². The second kappa shape index (κ2) is 50.1. The van der Waals surface area contributed by atoms with Gasteiger partial charge in [-0.25, -0.2) is 0 Å². The molecule has 7 aliphatic rings. The van der Waals surface area contributed by atoms with Crippen LogP contribution in [0.15, 0.2) is 72.8 Å². The maximum Gasteiger partial charge on any atom is 0.573 e. The summed E-state index contributed by atoms with van der Waals surface area (Å²) in [4.78, 5) is 19.9. The molecule has 0 radical (unpaired) electrons. The van der Waals surface area contributed by atoms with Crippen molar-refractivity contribution in [1.29, 1.82) is 0 Å². The highest BCUT2D eigenvalue weighted by Gasteiger charge is 2.47. The molecule has 103 heavy (non-hydrogen) atoms. The highest BCUT2D eigenvalue weighted by molar-refractivity contribution is 7.60. The number of rotatable bonds is 16. The van der Waals surface area contributed by atoms with Crippen LogP contribution in [-0.2, 0) is 14.3 Å². The molecule has 32 heteroatoms. The number of carbonyl (C=O) groups is 1. The predicted molar refractivity (Wildman–Crippen MR) is 423 cm³/mol. The molecular formula is C71H122Cl3F9N6O9S5. The second-order valence-electron chi connectivity index (χ2n) is 27.6. The molecule has 0 bridgehead atoms. The van der Waals surface area contributed by atoms with Crippen molar-refractivity contribution < 1.29 is 83.3 Å². The van der Waals surface area contributed by atoms with E-state index in [0.717, 1.165) is 110 Å². The third-order valence-corrected chi connectivity index (χ3v) is 18.9. The lowest BCUT2D eigenvalue weighted by molar-refractivity contribution is -0.275. The molecule has 4 saturated heterocycles. The van der Waals surface area contributed by atoms with Crippen molar-refractivity contribution in [3.63, 3.8) is 0 Å². The smallest absolute Gasteiger partial charge is 0.406 e. The quantitative estimate of drug-likeness (QED) is 0.0749. The van der Waals surface area contributed by atoms with Crippen LogP contribution in [0.4, 0.5) is 39.5 Å². The molecule has 7 fully saturated rings. The number of amides is 1. The number of nitrogens with one attached hydrogen (secondary N) is 3. The molecule has 6 N–H and O–H groups in total. The third-order valence-electron chi connectivity index (χ3n) is 18.9. The fraction of sp³-hybridized carbons (Fsp3) is 0.732. The topological polar surface area (TPSA) is 170 Å². The summed E-state index contributed by atoms with van der Waals surface area (Å²) in [7, 11) is 0. The Morgan fingerprint density at radius 3 is 1.01 bits per heavy atom. The number of carbonyl (C=O) groups excluding carboxylic acids is 1. The number of aliphatic hydroxyl groups is 3. The van der Waals surface area contributed by atoms with Gasteiger partial charge >= 0.3 is 19.1 Å². The summed E-state index contributed by atoms with van der Waals surface area (Å²) >= 11 is 0. The van der Waals surface area contributed by atoms with Crippen LogP contribution in [0, 0.1) is 0 Å². The Hall–Kier alpha value is -1.88. The van der Waals surface area contributed by atoms with E-state index in [1.165, 1.54) is 55.3 Å². The van der Waals surface area contributed by atoms with Gasteiger partial charge in [0.2, 0.25) is 5.91 Å². The zero-order chi connectivity index (χ0) is 69.6. The Bertz CT molecular complexity index is 2600. The maximum atomic E-state index is 13.6. The van der Waals surface area contributed by atoms with Crippen LogP contribution in [0.5, 0.6) is 17.2 Å². The first-order valence-corrected chi connectivity index (χ1v) is 34.7.